The van der Waals surface area contributed by atoms with Crippen LogP contribution in [0.1, 0.15) is 16.8 Å². The van der Waals surface area contributed by atoms with Gasteiger partial charge in [-0.05, 0) is 66.5 Å². The molecule has 0 spiro atoms. The molecule has 6 atom stereocenters. The minimum absolute atomic E-state index is 0.126. The average Bonchev–Trinajstić information content (AvgIpc) is 3.56. The number of carbonyl (C=O) groups is 3. The summed E-state index contributed by atoms with van der Waals surface area (Å²) in [4.78, 5) is 40.1. The van der Waals surface area contributed by atoms with E-state index in [4.69, 9.17) is 4.74 Å². The topological polar surface area (TPSA) is 63.7 Å². The van der Waals surface area contributed by atoms with Crippen molar-refractivity contribution in [1.29, 1.82) is 0 Å². The van der Waals surface area contributed by atoms with E-state index in [1.54, 1.807) is 24.3 Å². The number of allylic oxidation sites excluding steroid dienone is 2. The SMILES string of the molecule is O=C(COc1cccc(N2C(=O)[C@@H]3[C@@H]4C=C[C@H]([C@@H]5C[C@H]45)[C@@H]3C2=O)c1)c1ccc(F)cc1. The molecule has 0 radical (unpaired) electrons. The summed E-state index contributed by atoms with van der Waals surface area (Å²) in [7, 11) is 0. The van der Waals surface area contributed by atoms with Crippen LogP contribution in [0, 0.1) is 41.3 Å². The molecule has 31 heavy (non-hydrogen) atoms. The van der Waals surface area contributed by atoms with E-state index in [0.717, 1.165) is 6.42 Å². The fourth-order valence-corrected chi connectivity index (χ4v) is 5.79. The molecule has 0 aromatic heterocycles. The van der Waals surface area contributed by atoms with E-state index in [2.05, 4.69) is 12.2 Å². The molecule has 0 unspecified atom stereocenters. The number of benzene rings is 2. The van der Waals surface area contributed by atoms with Crippen molar-refractivity contribution in [3.05, 3.63) is 72.1 Å². The van der Waals surface area contributed by atoms with Gasteiger partial charge >= 0.3 is 0 Å². The first-order valence-electron chi connectivity index (χ1n) is 10.6. The predicted octanol–water partition coefficient (Wildman–Crippen LogP) is 3.64. The molecule has 5 nitrogen and oxygen atoms in total. The van der Waals surface area contributed by atoms with Crippen molar-refractivity contribution in [2.45, 2.75) is 6.42 Å². The Morgan fingerprint density at radius 1 is 0.968 bits per heavy atom. The van der Waals surface area contributed by atoms with Gasteiger partial charge in [-0.25, -0.2) is 9.29 Å². The molecule has 2 bridgehead atoms. The lowest BCUT2D eigenvalue weighted by atomic mass is 9.63. The maximum absolute atomic E-state index is 13.2. The van der Waals surface area contributed by atoms with Gasteiger partial charge in [0.2, 0.25) is 11.8 Å². The molecule has 3 fully saturated rings. The van der Waals surface area contributed by atoms with Gasteiger partial charge in [0.05, 0.1) is 17.5 Å². The highest BCUT2D eigenvalue weighted by Gasteiger charge is 2.67. The Labute approximate surface area is 178 Å². The molecule has 0 N–H and O–H groups in total. The van der Waals surface area contributed by atoms with Gasteiger partial charge in [-0.15, -0.1) is 0 Å². The number of anilines is 1. The fourth-order valence-electron chi connectivity index (χ4n) is 5.79. The number of Topliss-reactive ketones (excluding diaryl/α,β-unsaturated/α-hetero) is 1. The number of halogens is 1. The average molecular weight is 417 g/mol. The second kappa shape index (κ2) is 6.61. The van der Waals surface area contributed by atoms with Crippen LogP contribution in [0.25, 0.3) is 0 Å². The summed E-state index contributed by atoms with van der Waals surface area (Å²) < 4.78 is 18.7. The highest BCUT2D eigenvalue weighted by atomic mass is 19.1. The Bertz CT molecular complexity index is 1100. The van der Waals surface area contributed by atoms with E-state index in [1.165, 1.54) is 29.2 Å². The smallest absolute Gasteiger partial charge is 0.238 e. The van der Waals surface area contributed by atoms with E-state index in [9.17, 15) is 18.8 Å². The van der Waals surface area contributed by atoms with Crippen molar-refractivity contribution in [1.82, 2.24) is 0 Å². The van der Waals surface area contributed by atoms with Crippen molar-refractivity contribution >= 4 is 23.3 Å². The third kappa shape index (κ3) is 2.77. The number of rotatable bonds is 5. The first-order chi connectivity index (χ1) is 15.0. The van der Waals surface area contributed by atoms with Crippen LogP contribution in [0.5, 0.6) is 5.75 Å². The highest BCUT2D eigenvalue weighted by molar-refractivity contribution is 6.22. The molecule has 2 amide bonds. The van der Waals surface area contributed by atoms with Crippen molar-refractivity contribution in [3.8, 4) is 5.75 Å². The first kappa shape index (κ1) is 18.5. The van der Waals surface area contributed by atoms with Crippen LogP contribution in [-0.4, -0.2) is 24.2 Å². The van der Waals surface area contributed by atoms with Gasteiger partial charge in [-0.1, -0.05) is 18.2 Å². The Balaban J connectivity index is 1.20. The van der Waals surface area contributed by atoms with Gasteiger partial charge in [-0.2, -0.15) is 0 Å². The second-order valence-electron chi connectivity index (χ2n) is 8.88. The second-order valence-corrected chi connectivity index (χ2v) is 8.88. The van der Waals surface area contributed by atoms with Crippen LogP contribution in [0.2, 0.25) is 0 Å². The van der Waals surface area contributed by atoms with Crippen molar-refractivity contribution < 1.29 is 23.5 Å². The fraction of sp³-hybridized carbons (Fsp3) is 0.320. The minimum atomic E-state index is -0.411. The number of ketones is 1. The molecule has 7 rings (SSSR count). The van der Waals surface area contributed by atoms with Crippen LogP contribution < -0.4 is 9.64 Å². The maximum atomic E-state index is 13.2. The van der Waals surface area contributed by atoms with E-state index >= 15 is 0 Å². The summed E-state index contributed by atoms with van der Waals surface area (Å²) in [6, 6.07) is 12.0. The maximum Gasteiger partial charge on any atom is 0.238 e. The van der Waals surface area contributed by atoms with Crippen molar-refractivity contribution in [3.63, 3.8) is 0 Å². The molecule has 1 saturated heterocycles. The quantitative estimate of drug-likeness (QED) is 0.423. The number of amides is 2. The number of hydrogen-bond donors (Lipinski definition) is 0. The number of hydrogen-bond acceptors (Lipinski definition) is 4. The third-order valence-electron chi connectivity index (χ3n) is 7.27. The Morgan fingerprint density at radius 2 is 1.61 bits per heavy atom. The molecule has 2 aromatic rings. The molecule has 2 saturated carbocycles. The summed E-state index contributed by atoms with van der Waals surface area (Å²) in [5, 5.41) is 0. The molecular weight excluding hydrogens is 397 g/mol. The van der Waals surface area contributed by atoms with Gasteiger partial charge in [0.25, 0.3) is 0 Å². The molecule has 4 aliphatic carbocycles. The van der Waals surface area contributed by atoms with E-state index < -0.39 is 5.82 Å². The lowest BCUT2D eigenvalue weighted by molar-refractivity contribution is -0.124. The first-order valence-corrected chi connectivity index (χ1v) is 10.6. The summed E-state index contributed by atoms with van der Waals surface area (Å²) in [5.74, 6) is 0.402. The van der Waals surface area contributed by atoms with E-state index in [0.29, 0.717) is 28.8 Å². The highest BCUT2D eigenvalue weighted by Crippen LogP contribution is 2.65. The van der Waals surface area contributed by atoms with E-state index in [-0.39, 0.29) is 47.9 Å². The third-order valence-corrected chi connectivity index (χ3v) is 7.27. The number of nitrogens with zero attached hydrogens (tertiary/aromatic N) is 1. The number of ether oxygens (including phenoxy) is 1. The lowest BCUT2D eigenvalue weighted by Gasteiger charge is -2.37. The van der Waals surface area contributed by atoms with Crippen LogP contribution in [0.15, 0.2) is 60.7 Å². The molecular formula is C25H20FNO4. The molecule has 6 heteroatoms. The normalized spacial score (nSPS) is 32.1. The van der Waals surface area contributed by atoms with Gasteiger partial charge in [0.1, 0.15) is 11.6 Å². The van der Waals surface area contributed by atoms with Gasteiger partial charge in [0, 0.05) is 11.6 Å². The molecule has 1 aliphatic heterocycles. The van der Waals surface area contributed by atoms with Crippen LogP contribution in [0.4, 0.5) is 10.1 Å². The standard InChI is InChI=1S/C25H20FNO4/c26-14-6-4-13(5-7-14)21(28)12-31-16-3-1-2-15(10-16)27-24(29)22-17-8-9-18(20-11-19(17)20)23(22)25(27)30/h1-10,17-20,22-23H,11-12H2/t17-,18-,19-,20+,22-,23+/m1/s1. The largest absolute Gasteiger partial charge is 0.485 e. The summed E-state index contributed by atoms with van der Waals surface area (Å²) >= 11 is 0. The van der Waals surface area contributed by atoms with Crippen molar-refractivity contribution in [2.24, 2.45) is 35.5 Å². The molecule has 156 valence electrons. The molecule has 2 aromatic carbocycles. The summed E-state index contributed by atoms with van der Waals surface area (Å²) in [5.41, 5.74) is 0.831. The Morgan fingerprint density at radius 3 is 2.26 bits per heavy atom. The van der Waals surface area contributed by atoms with Crippen molar-refractivity contribution in [2.75, 3.05) is 11.5 Å². The van der Waals surface area contributed by atoms with Gasteiger partial charge in [0.15, 0.2) is 12.4 Å². The Kier molecular flexibility index (Phi) is 3.94. The predicted molar refractivity (Wildman–Crippen MR) is 110 cm³/mol. The van der Waals surface area contributed by atoms with Gasteiger partial charge < -0.3 is 4.74 Å². The summed E-state index contributed by atoms with van der Waals surface area (Å²) in [6.45, 7) is -0.223. The van der Waals surface area contributed by atoms with Gasteiger partial charge in [-0.3, -0.25) is 14.4 Å². The minimum Gasteiger partial charge on any atom is -0.485 e. The molecule has 1 heterocycles. The zero-order valence-corrected chi connectivity index (χ0v) is 16.6. The molecule has 5 aliphatic rings. The number of imide groups is 1. The zero-order valence-electron chi connectivity index (χ0n) is 16.6. The number of carbonyl (C=O) groups excluding carboxylic acids is 3. The van der Waals surface area contributed by atoms with Crippen LogP contribution in [-0.2, 0) is 9.59 Å². The Hall–Kier alpha value is -3.28. The zero-order chi connectivity index (χ0) is 21.3. The van der Waals surface area contributed by atoms with E-state index in [1.807, 2.05) is 0 Å². The summed E-state index contributed by atoms with van der Waals surface area (Å²) in [6.07, 6.45) is 5.42. The van der Waals surface area contributed by atoms with Crippen LogP contribution >= 0.6 is 0 Å². The van der Waals surface area contributed by atoms with Crippen LogP contribution in [0.3, 0.4) is 0 Å². The lowest BCUT2D eigenvalue weighted by Crippen LogP contribution is -2.40. The monoisotopic (exact) mass is 417 g/mol.